The summed E-state index contributed by atoms with van der Waals surface area (Å²) in [4.78, 5) is 24.9. The van der Waals surface area contributed by atoms with Gasteiger partial charge in [-0.3, -0.25) is 4.79 Å². The fraction of sp³-hybridized carbons (Fsp3) is 0.600. The quantitative estimate of drug-likeness (QED) is 0.708. The molecule has 0 radical (unpaired) electrons. The van der Waals surface area contributed by atoms with E-state index in [2.05, 4.69) is 10.6 Å². The molecule has 3 N–H and O–H groups in total. The van der Waals surface area contributed by atoms with E-state index in [0.29, 0.717) is 0 Å². The Bertz CT molecular complexity index is 690. The molecule has 2 rings (SSSR count). The SMILES string of the molecule is CC(C)(C)OC(=O)N[C@H](Cc1cc(F)c(O)c(F)c1)C(=O)NC1CCCCC1. The maximum absolute atomic E-state index is 13.6. The van der Waals surface area contributed by atoms with Crippen molar-refractivity contribution in [1.82, 2.24) is 10.6 Å². The van der Waals surface area contributed by atoms with Crippen LogP contribution in [0.25, 0.3) is 0 Å². The van der Waals surface area contributed by atoms with E-state index < -0.39 is 41.0 Å². The zero-order chi connectivity index (χ0) is 20.9. The fourth-order valence-electron chi connectivity index (χ4n) is 3.18. The number of halogens is 2. The number of benzene rings is 1. The average Bonchev–Trinajstić information content (AvgIpc) is 2.58. The monoisotopic (exact) mass is 398 g/mol. The highest BCUT2D eigenvalue weighted by Gasteiger charge is 2.27. The number of phenols is 1. The molecule has 0 saturated heterocycles. The second kappa shape index (κ2) is 9.21. The number of amides is 2. The molecule has 1 fully saturated rings. The van der Waals surface area contributed by atoms with Crippen molar-refractivity contribution in [3.05, 3.63) is 29.3 Å². The number of rotatable bonds is 5. The molecule has 6 nitrogen and oxygen atoms in total. The van der Waals surface area contributed by atoms with Gasteiger partial charge in [0, 0.05) is 12.5 Å². The van der Waals surface area contributed by atoms with Gasteiger partial charge in [-0.15, -0.1) is 0 Å². The summed E-state index contributed by atoms with van der Waals surface area (Å²) >= 11 is 0. The number of ether oxygens (including phenoxy) is 1. The molecule has 1 aromatic carbocycles. The Morgan fingerprint density at radius 2 is 1.75 bits per heavy atom. The van der Waals surface area contributed by atoms with Crippen LogP contribution in [-0.2, 0) is 16.0 Å². The highest BCUT2D eigenvalue weighted by atomic mass is 19.1. The highest BCUT2D eigenvalue weighted by molar-refractivity contribution is 5.86. The average molecular weight is 398 g/mol. The lowest BCUT2D eigenvalue weighted by molar-refractivity contribution is -0.124. The third-order valence-electron chi connectivity index (χ3n) is 4.48. The first kappa shape index (κ1) is 21.9. The molecule has 0 unspecified atom stereocenters. The van der Waals surface area contributed by atoms with Crippen LogP contribution in [0.1, 0.15) is 58.4 Å². The zero-order valence-corrected chi connectivity index (χ0v) is 16.5. The molecule has 1 aliphatic carbocycles. The van der Waals surface area contributed by atoms with Crippen molar-refractivity contribution in [2.45, 2.75) is 77.0 Å². The predicted molar refractivity (Wildman–Crippen MR) is 99.9 cm³/mol. The Morgan fingerprint density at radius 3 is 2.29 bits per heavy atom. The van der Waals surface area contributed by atoms with Gasteiger partial charge in [0.05, 0.1) is 0 Å². The van der Waals surface area contributed by atoms with Crippen LogP contribution in [-0.4, -0.2) is 34.8 Å². The summed E-state index contributed by atoms with van der Waals surface area (Å²) in [6, 6.07) is 0.823. The Labute approximate surface area is 163 Å². The van der Waals surface area contributed by atoms with Gasteiger partial charge in [-0.1, -0.05) is 19.3 Å². The largest absolute Gasteiger partial charge is 0.503 e. The van der Waals surface area contributed by atoms with Crippen LogP contribution < -0.4 is 10.6 Å². The second-order valence-corrected chi connectivity index (χ2v) is 8.15. The normalized spacial score (nSPS) is 16.3. The lowest BCUT2D eigenvalue weighted by Crippen LogP contribution is -2.51. The fourth-order valence-corrected chi connectivity index (χ4v) is 3.18. The summed E-state index contributed by atoms with van der Waals surface area (Å²) in [7, 11) is 0. The van der Waals surface area contributed by atoms with Crippen LogP contribution in [0, 0.1) is 11.6 Å². The number of aromatic hydroxyl groups is 1. The van der Waals surface area contributed by atoms with Crippen LogP contribution in [0.2, 0.25) is 0 Å². The van der Waals surface area contributed by atoms with Crippen LogP contribution in [0.3, 0.4) is 0 Å². The maximum Gasteiger partial charge on any atom is 0.408 e. The molecular weight excluding hydrogens is 370 g/mol. The smallest absolute Gasteiger partial charge is 0.408 e. The molecule has 0 spiro atoms. The highest BCUT2D eigenvalue weighted by Crippen LogP contribution is 2.23. The molecule has 28 heavy (non-hydrogen) atoms. The van der Waals surface area contributed by atoms with Gasteiger partial charge in [0.25, 0.3) is 0 Å². The number of hydrogen-bond donors (Lipinski definition) is 3. The van der Waals surface area contributed by atoms with Crippen LogP contribution in [0.4, 0.5) is 13.6 Å². The molecule has 156 valence electrons. The number of phenolic OH excluding ortho intramolecular Hbond substituents is 1. The van der Waals surface area contributed by atoms with Gasteiger partial charge < -0.3 is 20.5 Å². The molecular formula is C20H28F2N2O4. The Balaban J connectivity index is 2.14. The van der Waals surface area contributed by atoms with E-state index in [4.69, 9.17) is 4.74 Å². The first-order valence-corrected chi connectivity index (χ1v) is 9.52. The van der Waals surface area contributed by atoms with E-state index >= 15 is 0 Å². The van der Waals surface area contributed by atoms with Gasteiger partial charge in [-0.2, -0.15) is 0 Å². The molecule has 2 amide bonds. The van der Waals surface area contributed by atoms with Gasteiger partial charge in [-0.05, 0) is 51.3 Å². The third kappa shape index (κ3) is 6.65. The Kier molecular flexibility index (Phi) is 7.21. The van der Waals surface area contributed by atoms with Crippen LogP contribution >= 0.6 is 0 Å². The van der Waals surface area contributed by atoms with E-state index in [1.807, 2.05) is 0 Å². The first-order valence-electron chi connectivity index (χ1n) is 9.52. The minimum absolute atomic E-state index is 0.0116. The predicted octanol–water partition coefficient (Wildman–Crippen LogP) is 3.56. The van der Waals surface area contributed by atoms with E-state index in [1.165, 1.54) is 0 Å². The number of nitrogens with one attached hydrogen (secondary N) is 2. The summed E-state index contributed by atoms with van der Waals surface area (Å²) in [5.41, 5.74) is -0.627. The summed E-state index contributed by atoms with van der Waals surface area (Å²) in [5, 5.41) is 14.6. The maximum atomic E-state index is 13.6. The number of hydrogen-bond acceptors (Lipinski definition) is 4. The number of carbonyl (C=O) groups is 2. The molecule has 0 bridgehead atoms. The first-order chi connectivity index (χ1) is 13.0. The van der Waals surface area contributed by atoms with Gasteiger partial charge >= 0.3 is 6.09 Å². The van der Waals surface area contributed by atoms with Gasteiger partial charge in [0.1, 0.15) is 11.6 Å². The molecule has 1 aliphatic rings. The summed E-state index contributed by atoms with van der Waals surface area (Å²) < 4.78 is 32.5. The minimum Gasteiger partial charge on any atom is -0.503 e. The third-order valence-corrected chi connectivity index (χ3v) is 4.48. The number of alkyl carbamates (subject to hydrolysis) is 1. The molecule has 8 heteroatoms. The van der Waals surface area contributed by atoms with Gasteiger partial charge in [0.2, 0.25) is 5.91 Å². The van der Waals surface area contributed by atoms with Crippen molar-refractivity contribution < 1.29 is 28.2 Å². The Hall–Kier alpha value is -2.38. The van der Waals surface area contributed by atoms with Crippen molar-refractivity contribution >= 4 is 12.0 Å². The van der Waals surface area contributed by atoms with Crippen LogP contribution in [0.15, 0.2) is 12.1 Å². The van der Waals surface area contributed by atoms with E-state index in [9.17, 15) is 23.5 Å². The van der Waals surface area contributed by atoms with Gasteiger partial charge in [-0.25, -0.2) is 13.6 Å². The molecule has 1 atom stereocenters. The van der Waals surface area contributed by atoms with E-state index in [1.54, 1.807) is 20.8 Å². The molecule has 0 aromatic heterocycles. The lowest BCUT2D eigenvalue weighted by atomic mass is 9.95. The standard InChI is InChI=1S/C20H28F2N2O4/c1-20(2,3)28-19(27)24-16(18(26)23-13-7-5-4-6-8-13)11-12-9-14(21)17(25)15(22)10-12/h9-10,13,16,25H,4-8,11H2,1-3H3,(H,23,26)(H,24,27)/t16-/m1/s1. The molecule has 1 aromatic rings. The molecule has 0 aliphatic heterocycles. The van der Waals surface area contributed by atoms with Crippen LogP contribution in [0.5, 0.6) is 5.75 Å². The lowest BCUT2D eigenvalue weighted by Gasteiger charge is -2.27. The van der Waals surface area contributed by atoms with E-state index in [0.717, 1.165) is 44.2 Å². The minimum atomic E-state index is -1.13. The topological polar surface area (TPSA) is 87.7 Å². The van der Waals surface area contributed by atoms with Crippen molar-refractivity contribution in [1.29, 1.82) is 0 Å². The summed E-state index contributed by atoms with van der Waals surface area (Å²) in [6.07, 6.45) is 3.92. The van der Waals surface area contributed by atoms with Gasteiger partial charge in [0.15, 0.2) is 17.4 Å². The zero-order valence-electron chi connectivity index (χ0n) is 16.5. The van der Waals surface area contributed by atoms with Crippen molar-refractivity contribution in [2.24, 2.45) is 0 Å². The molecule has 0 heterocycles. The Morgan fingerprint density at radius 1 is 1.18 bits per heavy atom. The second-order valence-electron chi connectivity index (χ2n) is 8.15. The number of carbonyl (C=O) groups excluding carboxylic acids is 2. The van der Waals surface area contributed by atoms with Crippen molar-refractivity contribution in [3.8, 4) is 5.75 Å². The summed E-state index contributed by atoms with van der Waals surface area (Å²) in [5.74, 6) is -3.77. The van der Waals surface area contributed by atoms with Crippen molar-refractivity contribution in [2.75, 3.05) is 0 Å². The van der Waals surface area contributed by atoms with Crippen molar-refractivity contribution in [3.63, 3.8) is 0 Å². The molecule has 1 saturated carbocycles. The van der Waals surface area contributed by atoms with E-state index in [-0.39, 0.29) is 18.0 Å². The summed E-state index contributed by atoms with van der Waals surface area (Å²) in [6.45, 7) is 5.07.